The maximum absolute atomic E-state index is 14.0. The first-order valence-corrected chi connectivity index (χ1v) is 12.0. The second-order valence-corrected chi connectivity index (χ2v) is 9.67. The van der Waals surface area contributed by atoms with Gasteiger partial charge in [0, 0.05) is 49.9 Å². The van der Waals surface area contributed by atoms with E-state index in [1.54, 1.807) is 6.92 Å². The van der Waals surface area contributed by atoms with Crippen molar-refractivity contribution >= 4 is 17.5 Å². The van der Waals surface area contributed by atoms with Crippen molar-refractivity contribution in [2.45, 2.75) is 64.3 Å². The molecular formula is C25H25F5N4O5. The minimum Gasteiger partial charge on any atom is -0.503 e. The zero-order chi connectivity index (χ0) is 28.8. The summed E-state index contributed by atoms with van der Waals surface area (Å²) in [4.78, 5) is 45.8. The lowest BCUT2D eigenvalue weighted by Crippen LogP contribution is -2.49. The van der Waals surface area contributed by atoms with Crippen LogP contribution in [-0.4, -0.2) is 56.7 Å². The molecule has 3 unspecified atom stereocenters. The van der Waals surface area contributed by atoms with Crippen molar-refractivity contribution in [1.29, 1.82) is 0 Å². The summed E-state index contributed by atoms with van der Waals surface area (Å²) in [6.45, 7) is 2.73. The third-order valence-corrected chi connectivity index (χ3v) is 6.98. The number of pyridine rings is 1. The number of rotatable bonds is 6. The molecule has 0 radical (unpaired) electrons. The molecule has 210 valence electrons. The van der Waals surface area contributed by atoms with Gasteiger partial charge in [-0.3, -0.25) is 14.4 Å². The molecule has 0 saturated carbocycles. The van der Waals surface area contributed by atoms with Gasteiger partial charge in [-0.15, -0.1) is 0 Å². The molecule has 14 heteroatoms. The first kappa shape index (κ1) is 28.0. The Hall–Kier alpha value is -3.97. The molecule has 9 nitrogen and oxygen atoms in total. The van der Waals surface area contributed by atoms with Gasteiger partial charge in [-0.25, -0.2) is 22.0 Å². The summed E-state index contributed by atoms with van der Waals surface area (Å²) in [5.74, 6) is -9.78. The van der Waals surface area contributed by atoms with Gasteiger partial charge in [-0.2, -0.15) is 0 Å². The number of fused-ring (bicyclic) bond motifs is 4. The van der Waals surface area contributed by atoms with Gasteiger partial charge < -0.3 is 24.7 Å². The molecule has 3 atom stereocenters. The van der Waals surface area contributed by atoms with Gasteiger partial charge in [0.15, 0.2) is 11.4 Å². The lowest BCUT2D eigenvalue weighted by molar-refractivity contribution is 0.00244. The molecule has 2 bridgehead atoms. The van der Waals surface area contributed by atoms with Crippen LogP contribution in [0.4, 0.5) is 22.0 Å². The molecule has 1 fully saturated rings. The zero-order valence-corrected chi connectivity index (χ0v) is 21.1. The molecule has 3 heterocycles. The highest BCUT2D eigenvalue weighted by molar-refractivity contribution is 5.99. The molecule has 0 spiro atoms. The number of hydrogen-bond donors (Lipinski definition) is 2. The molecule has 2 N–H and O–H groups in total. The van der Waals surface area contributed by atoms with Gasteiger partial charge in [-0.05, 0) is 26.7 Å². The highest BCUT2D eigenvalue weighted by Crippen LogP contribution is 2.36. The smallest absolute Gasteiger partial charge is 0.286 e. The van der Waals surface area contributed by atoms with Gasteiger partial charge in [0.2, 0.25) is 5.43 Å². The van der Waals surface area contributed by atoms with Crippen LogP contribution in [0.3, 0.4) is 0 Å². The number of alkyl halides is 2. The van der Waals surface area contributed by atoms with Gasteiger partial charge >= 0.3 is 0 Å². The van der Waals surface area contributed by atoms with Crippen molar-refractivity contribution in [3.63, 3.8) is 0 Å². The maximum Gasteiger partial charge on any atom is 0.286 e. The number of aromatic nitrogens is 1. The van der Waals surface area contributed by atoms with E-state index in [2.05, 4.69) is 10.5 Å². The largest absolute Gasteiger partial charge is 0.503 e. The van der Waals surface area contributed by atoms with Crippen LogP contribution in [0.25, 0.3) is 0 Å². The Morgan fingerprint density at radius 1 is 1.21 bits per heavy atom. The Morgan fingerprint density at radius 2 is 1.85 bits per heavy atom. The van der Waals surface area contributed by atoms with Crippen LogP contribution in [0.5, 0.6) is 5.75 Å². The number of oxime groups is 1. The average molecular weight is 556 g/mol. The van der Waals surface area contributed by atoms with Crippen LogP contribution in [0.15, 0.2) is 28.3 Å². The Kier molecular flexibility index (Phi) is 7.41. The first-order chi connectivity index (χ1) is 18.2. The lowest BCUT2D eigenvalue weighted by Gasteiger charge is -2.38. The number of benzene rings is 1. The Bertz CT molecular complexity index is 1400. The predicted molar refractivity (Wildman–Crippen MR) is 127 cm³/mol. The maximum atomic E-state index is 14.0. The van der Waals surface area contributed by atoms with E-state index in [1.807, 2.05) is 0 Å². The highest BCUT2D eigenvalue weighted by atomic mass is 19.3. The SMILES string of the molecule is C/C(=N\OC1CCC(C)N2CC1n1cc(C(=O)NCc3c(F)cc(F)cc3F)c(=O)c(O)c1C2=O)C(C)(F)F. The van der Waals surface area contributed by atoms with E-state index < -0.39 is 87.6 Å². The van der Waals surface area contributed by atoms with E-state index >= 15 is 0 Å². The average Bonchev–Trinajstić information content (AvgIpc) is 2.98. The van der Waals surface area contributed by atoms with E-state index in [0.29, 0.717) is 25.5 Å². The molecule has 2 amide bonds. The number of nitrogens with zero attached hydrogens (tertiary/aromatic N) is 3. The molecule has 2 aliphatic heterocycles. The molecule has 1 aromatic carbocycles. The van der Waals surface area contributed by atoms with Crippen molar-refractivity contribution in [1.82, 2.24) is 14.8 Å². The zero-order valence-electron chi connectivity index (χ0n) is 21.1. The minimum atomic E-state index is -3.25. The molecule has 4 rings (SSSR count). The van der Waals surface area contributed by atoms with Crippen molar-refractivity contribution < 1.29 is 41.5 Å². The summed E-state index contributed by atoms with van der Waals surface area (Å²) in [7, 11) is 0. The number of amides is 2. The number of hydrogen-bond acceptors (Lipinski definition) is 6. The fraction of sp³-hybridized carbons (Fsp3) is 0.440. The van der Waals surface area contributed by atoms with E-state index in [0.717, 1.165) is 13.1 Å². The van der Waals surface area contributed by atoms with Crippen LogP contribution in [0.2, 0.25) is 0 Å². The third kappa shape index (κ3) is 5.32. The number of carbonyl (C=O) groups is 2. The Labute approximate surface area is 218 Å². The van der Waals surface area contributed by atoms with E-state index in [4.69, 9.17) is 4.84 Å². The molecule has 2 aromatic rings. The van der Waals surface area contributed by atoms with E-state index in [1.165, 1.54) is 9.47 Å². The summed E-state index contributed by atoms with van der Waals surface area (Å²) < 4.78 is 69.5. The predicted octanol–water partition coefficient (Wildman–Crippen LogP) is 3.50. The standard InChI is InChI=1S/C25H25F5N4O5/c1-11-4-5-19(39-32-12(2)25(3,29)30)18-10-33(11)24(38)20-22(36)21(35)15(9-34(18)20)23(37)31-8-14-16(27)6-13(26)7-17(14)28/h6-7,9,11,18-19,36H,4-5,8,10H2,1-3H3,(H,31,37)/b32-12+. The second-order valence-electron chi connectivity index (χ2n) is 9.67. The molecule has 2 aliphatic rings. The van der Waals surface area contributed by atoms with Crippen LogP contribution in [0.1, 0.15) is 66.1 Å². The molecular weight excluding hydrogens is 531 g/mol. The number of nitrogens with one attached hydrogen (secondary N) is 1. The van der Waals surface area contributed by atoms with E-state index in [-0.39, 0.29) is 19.0 Å². The lowest BCUT2D eigenvalue weighted by atomic mass is 10.0. The van der Waals surface area contributed by atoms with Gasteiger partial charge in [0.25, 0.3) is 17.7 Å². The van der Waals surface area contributed by atoms with E-state index in [9.17, 15) is 41.4 Å². The Balaban J connectivity index is 1.72. The summed E-state index contributed by atoms with van der Waals surface area (Å²) in [5, 5.41) is 16.4. The van der Waals surface area contributed by atoms with Crippen LogP contribution >= 0.6 is 0 Å². The molecule has 1 aromatic heterocycles. The first-order valence-electron chi connectivity index (χ1n) is 12.0. The Morgan fingerprint density at radius 3 is 2.46 bits per heavy atom. The van der Waals surface area contributed by atoms with Gasteiger partial charge in [0.1, 0.15) is 34.8 Å². The molecule has 1 saturated heterocycles. The monoisotopic (exact) mass is 556 g/mol. The highest BCUT2D eigenvalue weighted by Gasteiger charge is 2.44. The third-order valence-electron chi connectivity index (χ3n) is 6.98. The fourth-order valence-corrected chi connectivity index (χ4v) is 4.55. The number of carbonyl (C=O) groups excluding carboxylic acids is 2. The quantitative estimate of drug-likeness (QED) is 0.321. The number of aromatic hydroxyl groups is 1. The van der Waals surface area contributed by atoms with Crippen LogP contribution < -0.4 is 10.7 Å². The van der Waals surface area contributed by atoms with Crippen molar-refractivity contribution in [3.8, 4) is 5.75 Å². The summed E-state index contributed by atoms with van der Waals surface area (Å²) in [5.41, 5.74) is -3.54. The second kappa shape index (κ2) is 10.3. The number of halogens is 5. The normalized spacial score (nSPS) is 21.3. The summed E-state index contributed by atoms with van der Waals surface area (Å²) in [6, 6.07) is -0.339. The van der Waals surface area contributed by atoms with Crippen LogP contribution in [0, 0.1) is 17.5 Å². The fourth-order valence-electron chi connectivity index (χ4n) is 4.55. The van der Waals surface area contributed by atoms with Crippen LogP contribution in [-0.2, 0) is 11.4 Å². The minimum absolute atomic E-state index is 0.00409. The molecule has 39 heavy (non-hydrogen) atoms. The molecule has 0 aliphatic carbocycles. The van der Waals surface area contributed by atoms with Gasteiger partial charge in [0.05, 0.1) is 6.04 Å². The summed E-state index contributed by atoms with van der Waals surface area (Å²) >= 11 is 0. The van der Waals surface area contributed by atoms with Crippen molar-refractivity contribution in [2.24, 2.45) is 5.16 Å². The van der Waals surface area contributed by atoms with Crippen molar-refractivity contribution in [3.05, 3.63) is 62.8 Å². The van der Waals surface area contributed by atoms with Gasteiger partial charge in [-0.1, -0.05) is 5.16 Å². The topological polar surface area (TPSA) is 113 Å². The van der Waals surface area contributed by atoms with Crippen molar-refractivity contribution in [2.75, 3.05) is 6.54 Å². The summed E-state index contributed by atoms with van der Waals surface area (Å²) in [6.07, 6.45) is 0.771.